The van der Waals surface area contributed by atoms with Crippen molar-refractivity contribution in [2.75, 3.05) is 12.4 Å². The van der Waals surface area contributed by atoms with Crippen LogP contribution in [0.3, 0.4) is 0 Å². The van der Waals surface area contributed by atoms with Gasteiger partial charge in [0.2, 0.25) is 0 Å². The molecule has 0 radical (unpaired) electrons. The van der Waals surface area contributed by atoms with Crippen LogP contribution in [0.2, 0.25) is 0 Å². The molecule has 0 aliphatic carbocycles. The summed E-state index contributed by atoms with van der Waals surface area (Å²) < 4.78 is 6.28. The molecule has 0 fully saturated rings. The summed E-state index contributed by atoms with van der Waals surface area (Å²) >= 11 is 0. The predicted octanol–water partition coefficient (Wildman–Crippen LogP) is 8.27. The monoisotopic (exact) mass is 807 g/mol. The number of hydrazone groups is 1. The van der Waals surface area contributed by atoms with E-state index in [1.165, 1.54) is 5.57 Å². The summed E-state index contributed by atoms with van der Waals surface area (Å²) in [6, 6.07) is 5.98. The van der Waals surface area contributed by atoms with Gasteiger partial charge in [-0.2, -0.15) is 5.10 Å². The fourth-order valence-electron chi connectivity index (χ4n) is 3.82. The minimum Gasteiger partial charge on any atom is -0.457 e. The van der Waals surface area contributed by atoms with Gasteiger partial charge in [0.1, 0.15) is 29.4 Å². The number of rotatable bonds is 9. The van der Waals surface area contributed by atoms with Gasteiger partial charge in [0.15, 0.2) is 5.84 Å². The zero-order valence-electron chi connectivity index (χ0n) is 27.1. The maximum atomic E-state index is 6.28. The SMILES string of the molecule is C/C=N\N1C=CC(Oc2ccc(NC3=NC=NC(=C/C)/C3=N\C(NC)=C(/C)CC)cc2C)=CC1=C(C)CC.[CH2-]CC[CH2-].[U+2]. The Hall–Kier alpha value is -3.15. The number of aryl methyl sites for hydroxylation is 1. The van der Waals surface area contributed by atoms with Crippen molar-refractivity contribution in [2.24, 2.45) is 20.1 Å². The average Bonchev–Trinajstić information content (AvgIpc) is 3.01. The molecule has 0 saturated heterocycles. The van der Waals surface area contributed by atoms with Gasteiger partial charge in [0.05, 0.1) is 11.4 Å². The molecule has 0 spiro atoms. The Balaban J connectivity index is 0.00000174. The molecule has 9 heteroatoms. The van der Waals surface area contributed by atoms with Crippen molar-refractivity contribution in [3.05, 3.63) is 96.2 Å². The fraction of sp³-hybridized carbons (Fsp3) is 0.353. The molecule has 0 aromatic heterocycles. The molecular formula is C34H47N7OU. The van der Waals surface area contributed by atoms with Crippen LogP contribution in [0.25, 0.3) is 0 Å². The molecule has 2 aliphatic heterocycles. The van der Waals surface area contributed by atoms with E-state index in [4.69, 9.17) is 9.73 Å². The molecule has 0 unspecified atom stereocenters. The number of amidine groups is 1. The van der Waals surface area contributed by atoms with E-state index < -0.39 is 0 Å². The maximum absolute atomic E-state index is 6.28. The summed E-state index contributed by atoms with van der Waals surface area (Å²) in [5, 5.41) is 12.9. The fourth-order valence-corrected chi connectivity index (χ4v) is 3.82. The molecule has 0 saturated carbocycles. The second-order valence-corrected chi connectivity index (χ2v) is 9.60. The molecule has 2 N–H and O–H groups in total. The molecule has 0 atom stereocenters. The van der Waals surface area contributed by atoms with Gasteiger partial charge in [-0.3, -0.25) is 0 Å². The quantitative estimate of drug-likeness (QED) is 0.195. The van der Waals surface area contributed by atoms with E-state index in [1.807, 2.05) is 75.5 Å². The number of benzene rings is 1. The van der Waals surface area contributed by atoms with Crippen molar-refractivity contribution in [2.45, 2.75) is 74.1 Å². The average molecular weight is 808 g/mol. The van der Waals surface area contributed by atoms with E-state index in [0.717, 1.165) is 71.2 Å². The number of nitrogens with zero attached hydrogens (tertiary/aromatic N) is 5. The Morgan fingerprint density at radius 2 is 1.84 bits per heavy atom. The Morgan fingerprint density at radius 3 is 2.40 bits per heavy atom. The van der Waals surface area contributed by atoms with Gasteiger partial charge in [-0.25, -0.2) is 32.8 Å². The van der Waals surface area contributed by atoms with E-state index >= 15 is 0 Å². The number of anilines is 1. The minimum absolute atomic E-state index is 0. The van der Waals surface area contributed by atoms with E-state index in [-0.39, 0.29) is 31.1 Å². The van der Waals surface area contributed by atoms with Gasteiger partial charge in [-0.15, -0.1) is 0 Å². The van der Waals surface area contributed by atoms with Crippen molar-refractivity contribution >= 4 is 29.8 Å². The second kappa shape index (κ2) is 19.9. The zero-order valence-corrected chi connectivity index (χ0v) is 31.2. The zero-order chi connectivity index (χ0) is 31.1. The largest absolute Gasteiger partial charge is 2.00 e. The van der Waals surface area contributed by atoms with Gasteiger partial charge in [-0.1, -0.05) is 19.9 Å². The first kappa shape index (κ1) is 37.9. The molecule has 0 bridgehead atoms. The first-order valence-electron chi connectivity index (χ1n) is 14.5. The number of ether oxygens (including phenoxy) is 1. The van der Waals surface area contributed by atoms with Crippen molar-refractivity contribution in [1.29, 1.82) is 0 Å². The number of nitrogens with one attached hydrogen (secondary N) is 2. The van der Waals surface area contributed by atoms with Crippen LogP contribution in [0.5, 0.6) is 5.75 Å². The molecule has 2 aliphatic rings. The predicted molar refractivity (Wildman–Crippen MR) is 181 cm³/mol. The summed E-state index contributed by atoms with van der Waals surface area (Å²) in [7, 11) is 1.88. The van der Waals surface area contributed by atoms with Crippen LogP contribution >= 0.6 is 0 Å². The van der Waals surface area contributed by atoms with E-state index in [0.29, 0.717) is 11.5 Å². The van der Waals surface area contributed by atoms with Crippen LogP contribution in [-0.4, -0.2) is 36.2 Å². The van der Waals surface area contributed by atoms with Crippen LogP contribution in [-0.2, 0) is 0 Å². The number of unbranched alkanes of at least 4 members (excludes halogenated alkanes) is 1. The molecule has 1 aromatic rings. The maximum Gasteiger partial charge on any atom is 2.00 e. The Morgan fingerprint density at radius 1 is 1.12 bits per heavy atom. The van der Waals surface area contributed by atoms with Crippen molar-refractivity contribution < 1.29 is 35.9 Å². The van der Waals surface area contributed by atoms with Crippen LogP contribution < -0.4 is 15.4 Å². The van der Waals surface area contributed by atoms with Crippen molar-refractivity contribution in [3.63, 3.8) is 0 Å². The van der Waals surface area contributed by atoms with Crippen LogP contribution in [0, 0.1) is 51.9 Å². The Bertz CT molecular complexity index is 1360. The van der Waals surface area contributed by atoms with Crippen molar-refractivity contribution in [3.8, 4) is 5.75 Å². The van der Waals surface area contributed by atoms with Gasteiger partial charge in [-0.05, 0) is 88.4 Å². The summed E-state index contributed by atoms with van der Waals surface area (Å²) in [6.45, 7) is 21.4. The second-order valence-electron chi connectivity index (χ2n) is 9.60. The molecule has 43 heavy (non-hydrogen) atoms. The van der Waals surface area contributed by atoms with E-state index in [1.54, 1.807) is 12.6 Å². The van der Waals surface area contributed by atoms with Gasteiger partial charge in [0, 0.05) is 31.2 Å². The summed E-state index contributed by atoms with van der Waals surface area (Å²) in [5.41, 5.74) is 6.74. The van der Waals surface area contributed by atoms with Crippen LogP contribution in [0.1, 0.15) is 72.8 Å². The topological polar surface area (TPSA) is 86.0 Å². The third-order valence-electron chi connectivity index (χ3n) is 6.55. The summed E-state index contributed by atoms with van der Waals surface area (Å²) in [6.07, 6.45) is 14.9. The number of hydrogen-bond acceptors (Lipinski definition) is 8. The summed E-state index contributed by atoms with van der Waals surface area (Å²) in [4.78, 5) is 13.8. The molecule has 8 nitrogen and oxygen atoms in total. The van der Waals surface area contributed by atoms with Crippen LogP contribution in [0.15, 0.2) is 96.8 Å². The molecule has 0 amide bonds. The molecule has 1 aromatic carbocycles. The number of allylic oxidation sites excluding steroid dienone is 5. The molecule has 3 rings (SSSR count). The Labute approximate surface area is 283 Å². The molecule has 228 valence electrons. The molecule has 2 heterocycles. The van der Waals surface area contributed by atoms with Crippen molar-refractivity contribution in [1.82, 2.24) is 10.3 Å². The third-order valence-corrected chi connectivity index (χ3v) is 6.55. The third kappa shape index (κ3) is 11.1. The Kier molecular flexibility index (Phi) is 17.6. The number of hydrogen-bond donors (Lipinski definition) is 2. The standard InChI is InChI=1S/C30H39N7O.C4H8.U/c1-9-20(5)26-18-24(15-16-37(26)34-12-4)38-27-14-13-23(17-22(27)7)35-30-28(25(11-3)32-19-33-30)36-29(31-8)21(6)10-2;1-3-4-2;/h11-19,31H,9-10H2,1-8H3,(H,32,33,35);1-4H2;/q;-2;+2/b25-11+,26-20?,29-21+,34-12-,36-28+;;. The molecular weight excluding hydrogens is 760 g/mol. The van der Waals surface area contributed by atoms with Crippen LogP contribution in [0.4, 0.5) is 5.69 Å². The van der Waals surface area contributed by atoms with Gasteiger partial charge < -0.3 is 29.2 Å². The number of aliphatic imine (C=N–C) groups is 3. The van der Waals surface area contributed by atoms with E-state index in [2.05, 4.69) is 67.3 Å². The van der Waals surface area contributed by atoms with Gasteiger partial charge in [0.25, 0.3) is 0 Å². The first-order chi connectivity index (χ1) is 20.3. The summed E-state index contributed by atoms with van der Waals surface area (Å²) in [5.74, 6) is 2.99. The first-order valence-corrected chi connectivity index (χ1v) is 14.5. The van der Waals surface area contributed by atoms with E-state index in [9.17, 15) is 0 Å². The minimum atomic E-state index is 0. The smallest absolute Gasteiger partial charge is 0.457 e. The van der Waals surface area contributed by atoms with Gasteiger partial charge >= 0.3 is 31.1 Å². The normalized spacial score (nSPS) is 18.0.